The average molecular weight is 325 g/mol. The molecule has 0 amide bonds. The van der Waals surface area contributed by atoms with Crippen molar-refractivity contribution in [3.63, 3.8) is 0 Å². The van der Waals surface area contributed by atoms with E-state index < -0.39 is 9.84 Å². The zero-order valence-corrected chi connectivity index (χ0v) is 13.7. The third-order valence-corrected chi connectivity index (χ3v) is 6.05. The molecule has 0 aliphatic carbocycles. The molecule has 0 spiro atoms. The van der Waals surface area contributed by atoms with E-state index in [1.54, 1.807) is 6.92 Å². The van der Waals surface area contributed by atoms with Gasteiger partial charge in [-0.2, -0.15) is 4.37 Å². The van der Waals surface area contributed by atoms with E-state index in [1.807, 2.05) is 18.2 Å². The second-order valence-corrected chi connectivity index (χ2v) is 7.59. The van der Waals surface area contributed by atoms with Crippen LogP contribution in [0.3, 0.4) is 0 Å². The van der Waals surface area contributed by atoms with Crippen LogP contribution in [0.15, 0.2) is 29.2 Å². The van der Waals surface area contributed by atoms with Gasteiger partial charge >= 0.3 is 0 Å². The van der Waals surface area contributed by atoms with Crippen molar-refractivity contribution in [1.82, 2.24) is 4.37 Å². The Balaban J connectivity index is 2.26. The number of anilines is 2. The van der Waals surface area contributed by atoms with Gasteiger partial charge < -0.3 is 11.1 Å². The molecule has 7 heteroatoms. The van der Waals surface area contributed by atoms with Crippen molar-refractivity contribution in [2.24, 2.45) is 0 Å². The first-order chi connectivity index (χ1) is 9.99. The summed E-state index contributed by atoms with van der Waals surface area (Å²) in [6, 6.07) is 8.08. The fourth-order valence-electron chi connectivity index (χ4n) is 2.10. The van der Waals surface area contributed by atoms with Crippen LogP contribution in [-0.4, -0.2) is 18.5 Å². The fraction of sp³-hybridized carbons (Fsp3) is 0.357. The first-order valence-electron chi connectivity index (χ1n) is 6.78. The number of hydrogen-bond acceptors (Lipinski definition) is 6. The van der Waals surface area contributed by atoms with Gasteiger partial charge in [0.15, 0.2) is 15.7 Å². The molecule has 1 heterocycles. The van der Waals surface area contributed by atoms with E-state index >= 15 is 0 Å². The number of aromatic nitrogens is 1. The molecule has 2 aromatic rings. The fourth-order valence-corrected chi connectivity index (χ4v) is 4.27. The lowest BCUT2D eigenvalue weighted by Gasteiger charge is -2.10. The average Bonchev–Trinajstić information content (AvgIpc) is 2.87. The lowest BCUT2D eigenvalue weighted by atomic mass is 10.1. The summed E-state index contributed by atoms with van der Waals surface area (Å²) >= 11 is 1.09. The molecule has 0 atom stereocenters. The van der Waals surface area contributed by atoms with Gasteiger partial charge in [-0.05, 0) is 29.1 Å². The van der Waals surface area contributed by atoms with Gasteiger partial charge in [-0.15, -0.1) is 0 Å². The standard InChI is InChI=1S/C14H19N3O2S2/c1-3-10-7-5-6-8-11(10)9-16-14-12(13(15)17-20-14)21(18,19)4-2/h5-8,16H,3-4,9H2,1-2H3,(H2,15,17). The summed E-state index contributed by atoms with van der Waals surface area (Å²) < 4.78 is 28.1. The molecule has 0 aliphatic rings. The molecule has 0 bridgehead atoms. The van der Waals surface area contributed by atoms with Crippen LogP contribution >= 0.6 is 11.5 Å². The van der Waals surface area contributed by atoms with Gasteiger partial charge in [-0.25, -0.2) is 8.42 Å². The van der Waals surface area contributed by atoms with Gasteiger partial charge in [0.05, 0.1) is 5.75 Å². The summed E-state index contributed by atoms with van der Waals surface area (Å²) in [5.74, 6) is 0.0867. The van der Waals surface area contributed by atoms with Crippen molar-refractivity contribution in [3.8, 4) is 0 Å². The number of nitrogens with one attached hydrogen (secondary N) is 1. The summed E-state index contributed by atoms with van der Waals surface area (Å²) in [5, 5.41) is 3.68. The number of benzene rings is 1. The molecule has 3 N–H and O–H groups in total. The molecule has 0 fully saturated rings. The molecule has 0 saturated heterocycles. The summed E-state index contributed by atoms with van der Waals surface area (Å²) in [5.41, 5.74) is 8.09. The topological polar surface area (TPSA) is 85.1 Å². The molecule has 0 unspecified atom stereocenters. The van der Waals surface area contributed by atoms with Crippen molar-refractivity contribution in [3.05, 3.63) is 35.4 Å². The van der Waals surface area contributed by atoms with Crippen molar-refractivity contribution < 1.29 is 8.42 Å². The largest absolute Gasteiger partial charge is 0.382 e. The summed E-state index contributed by atoms with van der Waals surface area (Å²) in [7, 11) is -3.38. The number of rotatable bonds is 6. The monoisotopic (exact) mass is 325 g/mol. The maximum Gasteiger partial charge on any atom is 0.184 e. The van der Waals surface area contributed by atoms with Gasteiger partial charge in [-0.3, -0.25) is 0 Å². The highest BCUT2D eigenvalue weighted by atomic mass is 32.2. The van der Waals surface area contributed by atoms with Crippen molar-refractivity contribution in [2.45, 2.75) is 31.7 Å². The molecule has 1 aromatic heterocycles. The van der Waals surface area contributed by atoms with Crippen LogP contribution in [0, 0.1) is 0 Å². The molecule has 2 rings (SSSR count). The number of nitrogens with two attached hydrogens (primary N) is 1. The number of sulfone groups is 1. The maximum absolute atomic E-state index is 12.1. The Kier molecular flexibility index (Phi) is 4.84. The van der Waals surface area contributed by atoms with Gasteiger partial charge in [-0.1, -0.05) is 38.1 Å². The van der Waals surface area contributed by atoms with E-state index in [2.05, 4.69) is 22.7 Å². The molecule has 1 aromatic carbocycles. The van der Waals surface area contributed by atoms with E-state index in [-0.39, 0.29) is 16.5 Å². The Morgan fingerprint density at radius 2 is 1.90 bits per heavy atom. The molecule has 0 saturated carbocycles. The zero-order valence-electron chi connectivity index (χ0n) is 12.1. The number of aryl methyl sites for hydroxylation is 1. The molecule has 0 radical (unpaired) electrons. The Morgan fingerprint density at radius 1 is 1.24 bits per heavy atom. The van der Waals surface area contributed by atoms with Crippen LogP contribution in [0.25, 0.3) is 0 Å². The summed E-state index contributed by atoms with van der Waals surface area (Å²) in [6.45, 7) is 4.25. The van der Waals surface area contributed by atoms with E-state index in [0.29, 0.717) is 11.5 Å². The normalized spacial score (nSPS) is 11.5. The molecular weight excluding hydrogens is 306 g/mol. The Labute approximate surface area is 129 Å². The molecule has 0 aliphatic heterocycles. The quantitative estimate of drug-likeness (QED) is 0.853. The Morgan fingerprint density at radius 3 is 2.52 bits per heavy atom. The van der Waals surface area contributed by atoms with Crippen LogP contribution in [-0.2, 0) is 22.8 Å². The highest BCUT2D eigenvalue weighted by molar-refractivity contribution is 7.91. The second-order valence-electron chi connectivity index (χ2n) is 4.61. The second kappa shape index (κ2) is 6.44. The lowest BCUT2D eigenvalue weighted by Crippen LogP contribution is -2.09. The molecule has 5 nitrogen and oxygen atoms in total. The smallest absolute Gasteiger partial charge is 0.184 e. The van der Waals surface area contributed by atoms with Crippen LogP contribution in [0.5, 0.6) is 0 Å². The number of hydrogen-bond donors (Lipinski definition) is 2. The van der Waals surface area contributed by atoms with Crippen molar-refractivity contribution in [1.29, 1.82) is 0 Å². The van der Waals surface area contributed by atoms with Gasteiger partial charge in [0, 0.05) is 6.54 Å². The van der Waals surface area contributed by atoms with E-state index in [4.69, 9.17) is 5.73 Å². The number of nitrogen functional groups attached to an aromatic ring is 1. The minimum absolute atomic E-state index is 0.00976. The first-order valence-corrected chi connectivity index (χ1v) is 9.20. The Hall–Kier alpha value is -1.60. The SMILES string of the molecule is CCc1ccccc1CNc1snc(N)c1S(=O)(=O)CC. The van der Waals surface area contributed by atoms with E-state index in [9.17, 15) is 8.42 Å². The highest BCUT2D eigenvalue weighted by Crippen LogP contribution is 2.32. The third kappa shape index (κ3) is 3.36. The highest BCUT2D eigenvalue weighted by Gasteiger charge is 2.23. The Bertz CT molecular complexity index is 724. The van der Waals surface area contributed by atoms with Gasteiger partial charge in [0.2, 0.25) is 0 Å². The first kappa shape index (κ1) is 15.8. The van der Waals surface area contributed by atoms with Crippen LogP contribution in [0.1, 0.15) is 25.0 Å². The van der Waals surface area contributed by atoms with Crippen LogP contribution in [0.2, 0.25) is 0 Å². The van der Waals surface area contributed by atoms with Crippen LogP contribution < -0.4 is 11.1 Å². The predicted octanol–water partition coefficient (Wildman–Crippen LogP) is 2.69. The van der Waals surface area contributed by atoms with Crippen LogP contribution in [0.4, 0.5) is 10.8 Å². The molecular formula is C14H19N3O2S2. The van der Waals surface area contributed by atoms with Crippen molar-refractivity contribution in [2.75, 3.05) is 16.8 Å². The minimum atomic E-state index is -3.38. The maximum atomic E-state index is 12.1. The van der Waals surface area contributed by atoms with Gasteiger partial charge in [0.25, 0.3) is 0 Å². The van der Waals surface area contributed by atoms with Gasteiger partial charge in [0.1, 0.15) is 9.90 Å². The minimum Gasteiger partial charge on any atom is -0.382 e. The van der Waals surface area contributed by atoms with Crippen molar-refractivity contribution >= 4 is 32.2 Å². The zero-order chi connectivity index (χ0) is 15.5. The lowest BCUT2D eigenvalue weighted by molar-refractivity contribution is 0.598. The summed E-state index contributed by atoms with van der Waals surface area (Å²) in [4.78, 5) is 0.129. The van der Waals surface area contributed by atoms with E-state index in [1.165, 1.54) is 5.56 Å². The molecule has 21 heavy (non-hydrogen) atoms. The third-order valence-electron chi connectivity index (χ3n) is 3.30. The van der Waals surface area contributed by atoms with E-state index in [0.717, 1.165) is 23.5 Å². The number of nitrogens with zero attached hydrogens (tertiary/aromatic N) is 1. The summed E-state index contributed by atoms with van der Waals surface area (Å²) in [6.07, 6.45) is 0.933. The predicted molar refractivity (Wildman–Crippen MR) is 87.4 cm³/mol. The molecule has 114 valence electrons.